The predicted octanol–water partition coefficient (Wildman–Crippen LogP) is 0.446. The van der Waals surface area contributed by atoms with Gasteiger partial charge in [-0.25, -0.2) is 27.3 Å². The third-order valence-corrected chi connectivity index (χ3v) is 2.82. The summed E-state index contributed by atoms with van der Waals surface area (Å²) in [5, 5.41) is 23.9. The largest absolute Gasteiger partial charge is 0.306 e. The van der Waals surface area contributed by atoms with Gasteiger partial charge in [-0.05, 0) is 0 Å². The first-order valence-electron chi connectivity index (χ1n) is 4.08. The number of nitrogens with two attached hydrogens (primary N) is 1. The van der Waals surface area contributed by atoms with E-state index < -0.39 is 43.2 Å². The quantitative estimate of drug-likeness (QED) is 0.628. The lowest BCUT2D eigenvalue weighted by Gasteiger charge is -2.07. The minimum Gasteiger partial charge on any atom is -0.258 e. The molecule has 0 saturated heterocycles. The third kappa shape index (κ3) is 2.39. The zero-order valence-electron chi connectivity index (χ0n) is 8.37. The summed E-state index contributed by atoms with van der Waals surface area (Å²) in [7, 11) is -4.75. The van der Waals surface area contributed by atoms with Crippen molar-refractivity contribution in [3.8, 4) is 6.07 Å². The molecule has 1 aromatic heterocycles. The summed E-state index contributed by atoms with van der Waals surface area (Å²) in [6.07, 6.45) is -2.96. The van der Waals surface area contributed by atoms with E-state index in [4.69, 9.17) is 5.26 Å². The van der Waals surface area contributed by atoms with E-state index in [1.807, 2.05) is 0 Å². The standard InChI is InChI=1S/C7H4F2N4O4S/c8-7(9)5-6(18(11,16)17)3(1-10)4(2-12-5)13(14)15/h2,7H,(H2,11,16,17). The molecule has 0 aliphatic heterocycles. The average molecular weight is 278 g/mol. The molecule has 0 aliphatic rings. The van der Waals surface area contributed by atoms with Crippen LogP contribution < -0.4 is 5.14 Å². The van der Waals surface area contributed by atoms with Crippen molar-refractivity contribution < 1.29 is 22.1 Å². The van der Waals surface area contributed by atoms with Crippen LogP contribution >= 0.6 is 0 Å². The van der Waals surface area contributed by atoms with E-state index in [0.717, 1.165) is 0 Å². The number of aromatic nitrogens is 1. The molecule has 0 saturated carbocycles. The number of nitrogens with zero attached hydrogens (tertiary/aromatic N) is 3. The van der Waals surface area contributed by atoms with Crippen LogP contribution in [-0.2, 0) is 10.0 Å². The normalized spacial score (nSPS) is 11.3. The Morgan fingerprint density at radius 2 is 2.11 bits per heavy atom. The Bertz CT molecular complexity index is 652. The molecule has 18 heavy (non-hydrogen) atoms. The maximum Gasteiger partial charge on any atom is 0.306 e. The van der Waals surface area contributed by atoms with Gasteiger partial charge in [0.15, 0.2) is 5.56 Å². The molecule has 0 aliphatic carbocycles. The average Bonchev–Trinajstić information content (AvgIpc) is 2.25. The highest BCUT2D eigenvalue weighted by atomic mass is 32.2. The van der Waals surface area contributed by atoms with Gasteiger partial charge >= 0.3 is 5.69 Å². The molecule has 0 unspecified atom stereocenters. The van der Waals surface area contributed by atoms with Crippen LogP contribution in [0.1, 0.15) is 17.7 Å². The molecule has 0 fully saturated rings. The van der Waals surface area contributed by atoms with E-state index in [1.165, 1.54) is 6.07 Å². The first kappa shape index (κ1) is 13.9. The number of alkyl halides is 2. The van der Waals surface area contributed by atoms with Crippen LogP contribution in [-0.4, -0.2) is 18.3 Å². The molecule has 0 atom stereocenters. The maximum absolute atomic E-state index is 12.5. The van der Waals surface area contributed by atoms with E-state index in [-0.39, 0.29) is 0 Å². The Morgan fingerprint density at radius 3 is 2.44 bits per heavy atom. The highest BCUT2D eigenvalue weighted by Gasteiger charge is 2.32. The fourth-order valence-electron chi connectivity index (χ4n) is 1.19. The highest BCUT2D eigenvalue weighted by molar-refractivity contribution is 7.89. The first-order chi connectivity index (χ1) is 8.20. The first-order valence-corrected chi connectivity index (χ1v) is 5.63. The Hall–Kier alpha value is -2.19. The molecular weight excluding hydrogens is 274 g/mol. The summed E-state index contributed by atoms with van der Waals surface area (Å²) in [5.74, 6) is 0. The molecular formula is C7H4F2N4O4S. The van der Waals surface area contributed by atoms with E-state index in [9.17, 15) is 27.3 Å². The SMILES string of the molecule is N#Cc1c([N+](=O)[O-])cnc(C(F)F)c1S(N)(=O)=O. The molecule has 11 heteroatoms. The number of halogens is 2. The molecule has 1 rings (SSSR count). The number of rotatable bonds is 3. The van der Waals surface area contributed by atoms with Gasteiger partial charge in [0.1, 0.15) is 22.9 Å². The second-order valence-electron chi connectivity index (χ2n) is 2.95. The van der Waals surface area contributed by atoms with Crippen molar-refractivity contribution in [2.24, 2.45) is 5.14 Å². The lowest BCUT2D eigenvalue weighted by atomic mass is 10.2. The van der Waals surface area contributed by atoms with Crippen LogP contribution in [0.3, 0.4) is 0 Å². The number of hydrogen-bond acceptors (Lipinski definition) is 6. The minimum absolute atomic E-state index is 0.384. The third-order valence-electron chi connectivity index (χ3n) is 1.84. The lowest BCUT2D eigenvalue weighted by Crippen LogP contribution is -2.18. The zero-order chi connectivity index (χ0) is 14.1. The zero-order valence-corrected chi connectivity index (χ0v) is 9.19. The van der Waals surface area contributed by atoms with Crippen molar-refractivity contribution in [1.82, 2.24) is 4.98 Å². The second kappa shape index (κ2) is 4.59. The van der Waals surface area contributed by atoms with Gasteiger partial charge in [-0.3, -0.25) is 10.1 Å². The summed E-state index contributed by atoms with van der Waals surface area (Å²) >= 11 is 0. The summed E-state index contributed by atoms with van der Waals surface area (Å²) in [6, 6.07) is 1.17. The van der Waals surface area contributed by atoms with Crippen LogP contribution in [0, 0.1) is 21.4 Å². The van der Waals surface area contributed by atoms with Crippen LogP contribution in [0.25, 0.3) is 0 Å². The molecule has 2 N–H and O–H groups in total. The van der Waals surface area contributed by atoms with Crippen molar-refractivity contribution >= 4 is 15.7 Å². The van der Waals surface area contributed by atoms with Gasteiger partial charge < -0.3 is 0 Å². The van der Waals surface area contributed by atoms with E-state index in [0.29, 0.717) is 6.20 Å². The van der Waals surface area contributed by atoms with Crippen molar-refractivity contribution in [1.29, 1.82) is 5.26 Å². The molecule has 8 nitrogen and oxygen atoms in total. The molecule has 0 bridgehead atoms. The van der Waals surface area contributed by atoms with Crippen LogP contribution in [0.15, 0.2) is 11.1 Å². The predicted molar refractivity (Wildman–Crippen MR) is 51.9 cm³/mol. The number of primary sulfonamides is 1. The number of nitro groups is 1. The summed E-state index contributed by atoms with van der Waals surface area (Å²) in [6.45, 7) is 0. The fourth-order valence-corrected chi connectivity index (χ4v) is 2.06. The van der Waals surface area contributed by atoms with E-state index in [1.54, 1.807) is 0 Å². The molecule has 0 radical (unpaired) electrons. The van der Waals surface area contributed by atoms with Gasteiger partial charge in [0, 0.05) is 0 Å². The highest BCUT2D eigenvalue weighted by Crippen LogP contribution is 2.31. The monoisotopic (exact) mass is 278 g/mol. The van der Waals surface area contributed by atoms with Crippen LogP contribution in [0.4, 0.5) is 14.5 Å². The van der Waals surface area contributed by atoms with Crippen molar-refractivity contribution in [3.63, 3.8) is 0 Å². The van der Waals surface area contributed by atoms with Crippen molar-refractivity contribution in [2.45, 2.75) is 11.3 Å². The van der Waals surface area contributed by atoms with Gasteiger partial charge in [0.2, 0.25) is 10.0 Å². The Morgan fingerprint density at radius 1 is 1.56 bits per heavy atom. The molecule has 0 aromatic carbocycles. The molecule has 0 spiro atoms. The molecule has 96 valence electrons. The molecule has 0 amide bonds. The fraction of sp³-hybridized carbons (Fsp3) is 0.143. The van der Waals surface area contributed by atoms with Crippen molar-refractivity contribution in [2.75, 3.05) is 0 Å². The van der Waals surface area contributed by atoms with Crippen LogP contribution in [0.5, 0.6) is 0 Å². The smallest absolute Gasteiger partial charge is 0.258 e. The Labute approximate surface area is 98.9 Å². The van der Waals surface area contributed by atoms with Gasteiger partial charge in [0.05, 0.1) is 4.92 Å². The Kier molecular flexibility index (Phi) is 3.54. The lowest BCUT2D eigenvalue weighted by molar-refractivity contribution is -0.385. The van der Waals surface area contributed by atoms with Gasteiger partial charge in [-0.1, -0.05) is 0 Å². The number of sulfonamides is 1. The minimum atomic E-state index is -4.75. The topological polar surface area (TPSA) is 140 Å². The summed E-state index contributed by atoms with van der Waals surface area (Å²) in [5.41, 5.74) is -3.36. The summed E-state index contributed by atoms with van der Waals surface area (Å²) in [4.78, 5) is 11.1. The van der Waals surface area contributed by atoms with Crippen molar-refractivity contribution in [3.05, 3.63) is 27.6 Å². The van der Waals surface area contributed by atoms with Crippen LogP contribution in [0.2, 0.25) is 0 Å². The second-order valence-corrected chi connectivity index (χ2v) is 4.45. The molecule has 1 heterocycles. The van der Waals surface area contributed by atoms with Gasteiger partial charge in [-0.2, -0.15) is 5.26 Å². The van der Waals surface area contributed by atoms with Gasteiger partial charge in [-0.15, -0.1) is 0 Å². The number of hydrogen-bond donors (Lipinski definition) is 1. The summed E-state index contributed by atoms with van der Waals surface area (Å²) < 4.78 is 47.4. The van der Waals surface area contributed by atoms with E-state index in [2.05, 4.69) is 10.1 Å². The number of nitriles is 1. The van der Waals surface area contributed by atoms with Gasteiger partial charge in [0.25, 0.3) is 6.43 Å². The molecule has 1 aromatic rings. The Balaban J connectivity index is 3.87. The maximum atomic E-state index is 12.5. The van der Waals surface area contributed by atoms with E-state index >= 15 is 0 Å². The number of pyridine rings is 1.